The number of halogens is 1. The first-order valence-electron chi connectivity index (χ1n) is 5.61. The number of piperidine rings is 3. The summed E-state index contributed by atoms with van der Waals surface area (Å²) in [6.07, 6.45) is 5.79. The molecule has 3 saturated heterocycles. The quantitative estimate of drug-likeness (QED) is 0.619. The zero-order valence-corrected chi connectivity index (χ0v) is 10.2. The predicted molar refractivity (Wildman–Crippen MR) is 67.5 cm³/mol. The van der Waals surface area contributed by atoms with Crippen LogP contribution in [0.5, 0.6) is 0 Å². The van der Waals surface area contributed by atoms with Crippen LogP contribution in [0.3, 0.4) is 0 Å². The monoisotopic (exact) mass is 254 g/mol. The molecule has 92 valence electrons. The van der Waals surface area contributed by atoms with Gasteiger partial charge in [-0.2, -0.15) is 0 Å². The summed E-state index contributed by atoms with van der Waals surface area (Å²) in [5.74, 6) is 1.22. The standard InChI is InChI=1S/C12H14N2O2.ClH/c15-13-12-9-3-5-14(6-4-9)11(12)8-10-2-1-7-16-10;/h1-2,7-9,15H,3-6H2;1H/b11-8-,13-12-;. The van der Waals surface area contributed by atoms with Gasteiger partial charge in [0.25, 0.3) is 0 Å². The van der Waals surface area contributed by atoms with Crippen molar-refractivity contribution < 1.29 is 9.62 Å². The lowest BCUT2D eigenvalue weighted by Crippen LogP contribution is -2.46. The van der Waals surface area contributed by atoms with Gasteiger partial charge in [0.2, 0.25) is 0 Å². The molecule has 0 spiro atoms. The van der Waals surface area contributed by atoms with Crippen molar-refractivity contribution in [1.29, 1.82) is 0 Å². The van der Waals surface area contributed by atoms with Crippen LogP contribution in [0, 0.1) is 5.92 Å². The lowest BCUT2D eigenvalue weighted by atomic mass is 9.84. The number of nitrogens with zero attached hydrogens (tertiary/aromatic N) is 2. The van der Waals surface area contributed by atoms with E-state index >= 15 is 0 Å². The average molecular weight is 255 g/mol. The molecule has 4 nitrogen and oxygen atoms in total. The Bertz CT molecular complexity index is 431. The third-order valence-electron chi connectivity index (χ3n) is 3.41. The van der Waals surface area contributed by atoms with Crippen molar-refractivity contribution in [2.45, 2.75) is 12.8 Å². The Kier molecular flexibility index (Phi) is 3.43. The molecule has 4 rings (SSSR count). The summed E-state index contributed by atoms with van der Waals surface area (Å²) in [5, 5.41) is 12.6. The molecule has 0 unspecified atom stereocenters. The number of oxime groups is 1. The van der Waals surface area contributed by atoms with Gasteiger partial charge in [0.15, 0.2) is 0 Å². The molecule has 1 N–H and O–H groups in total. The lowest BCUT2D eigenvalue weighted by Gasteiger charge is -2.42. The molecule has 1 aromatic heterocycles. The van der Waals surface area contributed by atoms with E-state index in [1.165, 1.54) is 0 Å². The summed E-state index contributed by atoms with van der Waals surface area (Å²) in [6.45, 7) is 2.10. The maximum absolute atomic E-state index is 9.10. The smallest absolute Gasteiger partial charge is 0.128 e. The van der Waals surface area contributed by atoms with Gasteiger partial charge in [-0.25, -0.2) is 0 Å². The number of allylic oxidation sites excluding steroid dienone is 1. The van der Waals surface area contributed by atoms with Crippen LogP contribution in [-0.4, -0.2) is 28.9 Å². The Morgan fingerprint density at radius 2 is 2.18 bits per heavy atom. The Morgan fingerprint density at radius 3 is 2.76 bits per heavy atom. The van der Waals surface area contributed by atoms with Gasteiger partial charge in [-0.05, 0) is 25.0 Å². The summed E-state index contributed by atoms with van der Waals surface area (Å²) in [5.41, 5.74) is 1.83. The molecule has 3 fully saturated rings. The molecule has 17 heavy (non-hydrogen) atoms. The molecular formula is C12H15ClN2O2. The van der Waals surface area contributed by atoms with Crippen LogP contribution in [0.1, 0.15) is 18.6 Å². The van der Waals surface area contributed by atoms with Crippen molar-refractivity contribution >= 4 is 24.2 Å². The number of hydrogen-bond acceptors (Lipinski definition) is 4. The van der Waals surface area contributed by atoms with E-state index in [0.717, 1.165) is 43.1 Å². The minimum absolute atomic E-state index is 0. The first kappa shape index (κ1) is 12.0. The van der Waals surface area contributed by atoms with Crippen molar-refractivity contribution in [2.75, 3.05) is 13.1 Å². The highest BCUT2D eigenvalue weighted by molar-refractivity contribution is 6.05. The second kappa shape index (κ2) is 4.84. The van der Waals surface area contributed by atoms with Crippen molar-refractivity contribution in [3.8, 4) is 0 Å². The minimum Gasteiger partial charge on any atom is -0.465 e. The highest BCUT2D eigenvalue weighted by Gasteiger charge is 2.35. The first-order chi connectivity index (χ1) is 7.88. The molecular weight excluding hydrogens is 240 g/mol. The van der Waals surface area contributed by atoms with E-state index in [4.69, 9.17) is 9.62 Å². The number of furan rings is 1. The topological polar surface area (TPSA) is 49.0 Å². The summed E-state index contributed by atoms with van der Waals surface area (Å²) < 4.78 is 5.30. The van der Waals surface area contributed by atoms with E-state index in [1.54, 1.807) is 6.26 Å². The molecule has 3 aliphatic heterocycles. The van der Waals surface area contributed by atoms with Crippen molar-refractivity contribution in [3.05, 3.63) is 29.9 Å². The van der Waals surface area contributed by atoms with Crippen LogP contribution in [0.2, 0.25) is 0 Å². The van der Waals surface area contributed by atoms with Gasteiger partial charge in [0.05, 0.1) is 12.0 Å². The van der Waals surface area contributed by atoms with Gasteiger partial charge in [-0.1, -0.05) is 5.16 Å². The molecule has 4 heterocycles. The largest absolute Gasteiger partial charge is 0.465 e. The van der Waals surface area contributed by atoms with Crippen LogP contribution in [0.4, 0.5) is 0 Å². The average Bonchev–Trinajstić information content (AvgIpc) is 2.83. The molecule has 2 bridgehead atoms. The summed E-state index contributed by atoms with van der Waals surface area (Å²) in [4.78, 5) is 2.26. The minimum atomic E-state index is 0. The maximum Gasteiger partial charge on any atom is 0.128 e. The van der Waals surface area contributed by atoms with Crippen LogP contribution in [-0.2, 0) is 0 Å². The highest BCUT2D eigenvalue weighted by Crippen LogP contribution is 2.33. The SMILES string of the molecule is Cl.O/N=C1\C(=C\c2ccco2)N2CCC1CC2. The third-order valence-corrected chi connectivity index (χ3v) is 3.41. The van der Waals surface area contributed by atoms with Crippen molar-refractivity contribution in [3.63, 3.8) is 0 Å². The van der Waals surface area contributed by atoms with E-state index in [-0.39, 0.29) is 12.4 Å². The Hall–Kier alpha value is -1.42. The molecule has 0 aromatic carbocycles. The molecule has 0 amide bonds. The predicted octanol–water partition coefficient (Wildman–Crippen LogP) is 2.60. The maximum atomic E-state index is 9.10. The van der Waals surface area contributed by atoms with Crippen LogP contribution in [0.15, 0.2) is 33.7 Å². The molecule has 5 heteroatoms. The normalized spacial score (nSPS) is 24.4. The molecule has 0 radical (unpaired) electrons. The molecule has 3 aliphatic rings. The van der Waals surface area contributed by atoms with E-state index in [0.29, 0.717) is 5.92 Å². The summed E-state index contributed by atoms with van der Waals surface area (Å²) in [7, 11) is 0. The van der Waals surface area contributed by atoms with Gasteiger partial charge >= 0.3 is 0 Å². The fraction of sp³-hybridized carbons (Fsp3) is 0.417. The Balaban J connectivity index is 0.00000108. The van der Waals surface area contributed by atoms with E-state index in [2.05, 4.69) is 10.1 Å². The highest BCUT2D eigenvalue weighted by atomic mass is 35.5. The van der Waals surface area contributed by atoms with Crippen molar-refractivity contribution in [2.24, 2.45) is 11.1 Å². The molecule has 0 aliphatic carbocycles. The summed E-state index contributed by atoms with van der Waals surface area (Å²) in [6, 6.07) is 3.77. The molecule has 1 aromatic rings. The molecule has 0 atom stereocenters. The van der Waals surface area contributed by atoms with Gasteiger partial charge < -0.3 is 14.5 Å². The number of fused-ring (bicyclic) bond motifs is 3. The van der Waals surface area contributed by atoms with Gasteiger partial charge in [-0.3, -0.25) is 0 Å². The van der Waals surface area contributed by atoms with Crippen LogP contribution < -0.4 is 0 Å². The van der Waals surface area contributed by atoms with Crippen LogP contribution >= 0.6 is 12.4 Å². The zero-order valence-electron chi connectivity index (χ0n) is 9.37. The van der Waals surface area contributed by atoms with Crippen molar-refractivity contribution in [1.82, 2.24) is 4.90 Å². The Labute approximate surface area is 106 Å². The van der Waals surface area contributed by atoms with E-state index in [1.807, 2.05) is 18.2 Å². The van der Waals surface area contributed by atoms with E-state index < -0.39 is 0 Å². The van der Waals surface area contributed by atoms with Gasteiger partial charge in [0, 0.05) is 25.1 Å². The fourth-order valence-electron chi connectivity index (χ4n) is 2.57. The number of hydrogen-bond donors (Lipinski definition) is 1. The second-order valence-electron chi connectivity index (χ2n) is 4.29. The first-order valence-corrected chi connectivity index (χ1v) is 5.61. The second-order valence-corrected chi connectivity index (χ2v) is 4.29. The number of rotatable bonds is 1. The van der Waals surface area contributed by atoms with E-state index in [9.17, 15) is 0 Å². The van der Waals surface area contributed by atoms with Gasteiger partial charge in [-0.15, -0.1) is 12.4 Å². The summed E-state index contributed by atoms with van der Waals surface area (Å²) >= 11 is 0. The fourth-order valence-corrected chi connectivity index (χ4v) is 2.57. The van der Waals surface area contributed by atoms with Gasteiger partial charge in [0.1, 0.15) is 11.5 Å². The third kappa shape index (κ3) is 2.05. The lowest BCUT2D eigenvalue weighted by molar-refractivity contribution is 0.229. The van der Waals surface area contributed by atoms with Crippen LogP contribution in [0.25, 0.3) is 6.08 Å². The Morgan fingerprint density at radius 1 is 1.41 bits per heavy atom. The zero-order chi connectivity index (χ0) is 11.0. The molecule has 0 saturated carbocycles.